The Morgan fingerprint density at radius 3 is 2.74 bits per heavy atom. The van der Waals surface area contributed by atoms with E-state index in [-0.39, 0.29) is 5.75 Å². The number of hydrogen-bond acceptors (Lipinski definition) is 3. The van der Waals surface area contributed by atoms with Crippen LogP contribution in [-0.4, -0.2) is 6.61 Å². The van der Waals surface area contributed by atoms with Crippen molar-refractivity contribution in [1.82, 2.24) is 0 Å². The highest BCUT2D eigenvalue weighted by molar-refractivity contribution is 7.99. The number of hydrogen-bond donors (Lipinski definition) is 1. The third kappa shape index (κ3) is 3.41. The van der Waals surface area contributed by atoms with Crippen LogP contribution in [0.25, 0.3) is 0 Å². The summed E-state index contributed by atoms with van der Waals surface area (Å²) in [5.74, 6) is -0.181. The minimum Gasteiger partial charge on any atom is -0.491 e. The number of ether oxygens (including phenoxy) is 1. The van der Waals surface area contributed by atoms with Crippen molar-refractivity contribution in [3.63, 3.8) is 0 Å². The summed E-state index contributed by atoms with van der Waals surface area (Å²) in [4.78, 5) is 1.87. The first-order valence-corrected chi connectivity index (χ1v) is 6.88. The summed E-state index contributed by atoms with van der Waals surface area (Å²) in [6.45, 7) is 4.28. The quantitative estimate of drug-likeness (QED) is 0.848. The van der Waals surface area contributed by atoms with Gasteiger partial charge in [0.15, 0.2) is 11.6 Å². The summed E-state index contributed by atoms with van der Waals surface area (Å²) in [7, 11) is 0. The molecule has 0 amide bonds. The molecule has 0 saturated carbocycles. The summed E-state index contributed by atoms with van der Waals surface area (Å²) >= 11 is 1.51. The number of anilines is 1. The molecule has 0 heterocycles. The van der Waals surface area contributed by atoms with Gasteiger partial charge in [-0.1, -0.05) is 29.5 Å². The summed E-state index contributed by atoms with van der Waals surface area (Å²) in [6, 6.07) is 11.0. The van der Waals surface area contributed by atoms with Crippen molar-refractivity contribution >= 4 is 17.4 Å². The molecule has 0 aliphatic carbocycles. The molecule has 0 atom stereocenters. The number of nitrogen functional groups attached to an aromatic ring is 1. The van der Waals surface area contributed by atoms with E-state index in [1.165, 1.54) is 23.4 Å². The van der Waals surface area contributed by atoms with Gasteiger partial charge >= 0.3 is 0 Å². The van der Waals surface area contributed by atoms with Crippen LogP contribution in [0.2, 0.25) is 0 Å². The minimum atomic E-state index is -0.423. The molecule has 2 N–H and O–H groups in total. The van der Waals surface area contributed by atoms with Crippen LogP contribution in [0.5, 0.6) is 5.75 Å². The van der Waals surface area contributed by atoms with E-state index in [1.807, 2.05) is 32.0 Å². The molecule has 0 saturated heterocycles. The topological polar surface area (TPSA) is 35.2 Å². The van der Waals surface area contributed by atoms with Gasteiger partial charge in [-0.15, -0.1) is 0 Å². The lowest BCUT2D eigenvalue weighted by Gasteiger charge is -2.10. The molecule has 0 unspecified atom stereocenters. The zero-order valence-corrected chi connectivity index (χ0v) is 11.8. The Kier molecular flexibility index (Phi) is 4.32. The fourth-order valence-electron chi connectivity index (χ4n) is 1.71. The van der Waals surface area contributed by atoms with Crippen LogP contribution >= 0.6 is 11.8 Å². The van der Waals surface area contributed by atoms with E-state index in [4.69, 9.17) is 10.5 Å². The van der Waals surface area contributed by atoms with E-state index in [2.05, 4.69) is 6.07 Å². The Labute approximate surface area is 116 Å². The Morgan fingerprint density at radius 1 is 1.26 bits per heavy atom. The van der Waals surface area contributed by atoms with Crippen molar-refractivity contribution in [2.75, 3.05) is 12.3 Å². The van der Waals surface area contributed by atoms with Crippen LogP contribution in [-0.2, 0) is 0 Å². The minimum absolute atomic E-state index is 0.242. The number of rotatable bonds is 4. The van der Waals surface area contributed by atoms with Gasteiger partial charge in [0.2, 0.25) is 0 Å². The van der Waals surface area contributed by atoms with Gasteiger partial charge in [0.25, 0.3) is 0 Å². The van der Waals surface area contributed by atoms with Crippen LogP contribution in [0.4, 0.5) is 10.1 Å². The Bertz CT molecular complexity index is 586. The van der Waals surface area contributed by atoms with Crippen LogP contribution < -0.4 is 10.5 Å². The summed E-state index contributed by atoms with van der Waals surface area (Å²) in [5.41, 5.74) is 7.46. The maximum atomic E-state index is 13.6. The second-order valence-corrected chi connectivity index (χ2v) is 5.29. The van der Waals surface area contributed by atoms with Gasteiger partial charge in [0.05, 0.1) is 6.61 Å². The largest absolute Gasteiger partial charge is 0.491 e. The van der Waals surface area contributed by atoms with Gasteiger partial charge in [0, 0.05) is 21.5 Å². The van der Waals surface area contributed by atoms with E-state index in [0.29, 0.717) is 12.3 Å². The zero-order valence-electron chi connectivity index (χ0n) is 10.9. The highest BCUT2D eigenvalue weighted by Crippen LogP contribution is 2.36. The van der Waals surface area contributed by atoms with Crippen molar-refractivity contribution < 1.29 is 9.13 Å². The molecule has 2 aromatic rings. The van der Waals surface area contributed by atoms with E-state index in [9.17, 15) is 4.39 Å². The smallest absolute Gasteiger partial charge is 0.167 e. The summed E-state index contributed by atoms with van der Waals surface area (Å²) < 4.78 is 18.9. The number of aryl methyl sites for hydroxylation is 1. The standard InChI is InChI=1S/C15H16FNOS/c1-3-18-14-9-15(13(17)8-12(14)16)19-11-6-4-5-10(2)7-11/h4-9H,3,17H2,1-2H3. The average Bonchev–Trinajstić information content (AvgIpc) is 2.35. The molecule has 0 spiro atoms. The van der Waals surface area contributed by atoms with Gasteiger partial charge < -0.3 is 10.5 Å². The molecule has 0 bridgehead atoms. The molecule has 100 valence electrons. The molecule has 2 aromatic carbocycles. The first-order chi connectivity index (χ1) is 9.10. The van der Waals surface area contributed by atoms with Crippen molar-refractivity contribution in [3.05, 3.63) is 47.8 Å². The normalized spacial score (nSPS) is 10.5. The van der Waals surface area contributed by atoms with Crippen LogP contribution in [0, 0.1) is 12.7 Å². The van der Waals surface area contributed by atoms with Gasteiger partial charge in [0.1, 0.15) is 0 Å². The Morgan fingerprint density at radius 2 is 2.05 bits per heavy atom. The van der Waals surface area contributed by atoms with E-state index < -0.39 is 5.82 Å². The maximum absolute atomic E-state index is 13.6. The lowest BCUT2D eigenvalue weighted by molar-refractivity contribution is 0.321. The second kappa shape index (κ2) is 5.97. The SMILES string of the molecule is CCOc1cc(Sc2cccc(C)c2)c(N)cc1F. The average molecular weight is 277 g/mol. The Hall–Kier alpha value is -1.68. The predicted octanol–water partition coefficient (Wildman–Crippen LogP) is 4.27. The summed E-state index contributed by atoms with van der Waals surface area (Å²) in [5, 5.41) is 0. The van der Waals surface area contributed by atoms with E-state index in [1.54, 1.807) is 6.07 Å². The maximum Gasteiger partial charge on any atom is 0.167 e. The van der Waals surface area contributed by atoms with E-state index in [0.717, 1.165) is 9.79 Å². The van der Waals surface area contributed by atoms with Crippen LogP contribution in [0.1, 0.15) is 12.5 Å². The van der Waals surface area contributed by atoms with Crippen molar-refractivity contribution in [1.29, 1.82) is 0 Å². The molecule has 4 heteroatoms. The third-order valence-electron chi connectivity index (χ3n) is 2.58. The lowest BCUT2D eigenvalue weighted by Crippen LogP contribution is -1.97. The van der Waals surface area contributed by atoms with Crippen LogP contribution in [0.3, 0.4) is 0 Å². The zero-order chi connectivity index (χ0) is 13.8. The first kappa shape index (κ1) is 13.7. The van der Waals surface area contributed by atoms with Gasteiger partial charge in [-0.05, 0) is 32.0 Å². The first-order valence-electron chi connectivity index (χ1n) is 6.06. The molecular formula is C15H16FNOS. The molecule has 0 radical (unpaired) electrons. The third-order valence-corrected chi connectivity index (χ3v) is 3.64. The molecule has 0 fully saturated rings. The monoisotopic (exact) mass is 277 g/mol. The number of benzene rings is 2. The summed E-state index contributed by atoms with van der Waals surface area (Å²) in [6.07, 6.45) is 0. The predicted molar refractivity (Wildman–Crippen MR) is 77.3 cm³/mol. The lowest BCUT2D eigenvalue weighted by atomic mass is 10.2. The van der Waals surface area contributed by atoms with Crippen molar-refractivity contribution in [2.45, 2.75) is 23.6 Å². The molecule has 19 heavy (non-hydrogen) atoms. The molecule has 2 nitrogen and oxygen atoms in total. The highest BCUT2D eigenvalue weighted by atomic mass is 32.2. The van der Waals surface area contributed by atoms with Gasteiger partial charge in [-0.2, -0.15) is 0 Å². The fraction of sp³-hybridized carbons (Fsp3) is 0.200. The number of nitrogens with two attached hydrogens (primary N) is 1. The molecule has 2 rings (SSSR count). The second-order valence-electron chi connectivity index (χ2n) is 4.17. The van der Waals surface area contributed by atoms with Gasteiger partial charge in [-0.25, -0.2) is 4.39 Å². The molecular weight excluding hydrogens is 261 g/mol. The van der Waals surface area contributed by atoms with Crippen molar-refractivity contribution in [2.24, 2.45) is 0 Å². The number of halogens is 1. The molecule has 0 aromatic heterocycles. The highest BCUT2D eigenvalue weighted by Gasteiger charge is 2.10. The van der Waals surface area contributed by atoms with Gasteiger partial charge in [-0.3, -0.25) is 0 Å². The van der Waals surface area contributed by atoms with Crippen molar-refractivity contribution in [3.8, 4) is 5.75 Å². The molecule has 0 aliphatic heterocycles. The van der Waals surface area contributed by atoms with E-state index >= 15 is 0 Å². The van der Waals surface area contributed by atoms with Crippen LogP contribution in [0.15, 0.2) is 46.2 Å². The molecule has 0 aliphatic rings. The Balaban J connectivity index is 2.31. The fourth-order valence-corrected chi connectivity index (χ4v) is 2.70.